The van der Waals surface area contributed by atoms with E-state index in [2.05, 4.69) is 29.5 Å². The number of amides is 2. The summed E-state index contributed by atoms with van der Waals surface area (Å²) < 4.78 is 74.7. The number of rotatable bonds is 18. The zero-order chi connectivity index (χ0) is 49.8. The Labute approximate surface area is 388 Å². The van der Waals surface area contributed by atoms with Gasteiger partial charge in [-0.15, -0.1) is 0 Å². The van der Waals surface area contributed by atoms with E-state index in [1.54, 1.807) is 38.4 Å². The SMILES string of the molecule is CC(=O)N1CCN(CCOCc2ccn(-c3ccc(F)c(F)c3)n2)CC1.CC(=O)N1CCN(CCOCc2ccn(-c3ccc(F)c(F)c3)n2)CC1.O=CO/C=C\C(=O)O.O=CO/C=C\C(=O)O. The number of piperazine rings is 2. The summed E-state index contributed by atoms with van der Waals surface area (Å²) in [6, 6.07) is 10.9. The van der Waals surface area contributed by atoms with Crippen LogP contribution in [0.2, 0.25) is 0 Å². The molecule has 0 aliphatic carbocycles. The molecule has 4 aromatic rings. The second-order valence-electron chi connectivity index (χ2n) is 14.2. The minimum absolute atomic E-state index is 0.123. The number of aromatic nitrogens is 4. The summed E-state index contributed by atoms with van der Waals surface area (Å²) in [5.41, 5.74) is 2.35. The molecule has 2 aromatic heterocycles. The standard InChI is InChI=1S/2C18H22F2N4O2.2C4H4O4/c2*1-14(25)23-8-6-22(7-9-23)10-11-26-13-15-4-5-24(21-15)16-2-3-17(19)18(20)12-16;2*5-3-8-2-1-4(6)7/h2*2-5,12H,6-11,13H2,1H3;2*1-3H,(H,6,7)/b;;2*2-1-. The van der Waals surface area contributed by atoms with Gasteiger partial charge in [0.25, 0.3) is 12.9 Å². The lowest BCUT2D eigenvalue weighted by atomic mass is 10.3. The van der Waals surface area contributed by atoms with Crippen LogP contribution in [-0.4, -0.2) is 165 Å². The van der Waals surface area contributed by atoms with Crippen LogP contribution in [0.3, 0.4) is 0 Å². The number of carboxylic acids is 2. The van der Waals surface area contributed by atoms with Crippen LogP contribution in [0.15, 0.2) is 85.6 Å². The Kier molecular flexibility index (Phi) is 24.4. The number of nitrogens with zero attached hydrogens (tertiary/aromatic N) is 8. The van der Waals surface area contributed by atoms with E-state index in [4.69, 9.17) is 19.7 Å². The van der Waals surface area contributed by atoms with Gasteiger partial charge >= 0.3 is 11.9 Å². The largest absolute Gasteiger partial charge is 0.478 e. The molecule has 0 radical (unpaired) electrons. The molecule has 2 aliphatic rings. The Hall–Kier alpha value is -7.28. The first kappa shape index (κ1) is 55.1. The molecule has 0 atom stereocenters. The summed E-state index contributed by atoms with van der Waals surface area (Å²) in [6.45, 7) is 13.4. The molecule has 2 aliphatic heterocycles. The van der Waals surface area contributed by atoms with Crippen molar-refractivity contribution in [3.8, 4) is 11.4 Å². The maximum Gasteiger partial charge on any atom is 0.331 e. The smallest absolute Gasteiger partial charge is 0.331 e. The average Bonchev–Trinajstić information content (AvgIpc) is 4.00. The minimum Gasteiger partial charge on any atom is -0.478 e. The molecule has 2 fully saturated rings. The molecule has 24 heteroatoms. The van der Waals surface area contributed by atoms with Gasteiger partial charge in [0, 0.05) is 104 Å². The van der Waals surface area contributed by atoms with Gasteiger partial charge in [0.05, 0.1) is 61.3 Å². The summed E-state index contributed by atoms with van der Waals surface area (Å²) in [5.74, 6) is -5.61. The number of carbonyl (C=O) groups is 6. The maximum atomic E-state index is 13.3. The Morgan fingerprint density at radius 2 is 0.941 bits per heavy atom. The van der Waals surface area contributed by atoms with Crippen molar-refractivity contribution in [2.75, 3.05) is 78.7 Å². The molecule has 68 heavy (non-hydrogen) atoms. The molecule has 2 amide bonds. The second kappa shape index (κ2) is 30.1. The molecule has 0 bridgehead atoms. The van der Waals surface area contributed by atoms with E-state index in [0.29, 0.717) is 50.0 Å². The zero-order valence-electron chi connectivity index (χ0n) is 37.2. The Balaban J connectivity index is 0.000000274. The molecule has 0 unspecified atom stereocenters. The summed E-state index contributed by atoms with van der Waals surface area (Å²) in [5, 5.41) is 24.3. The van der Waals surface area contributed by atoms with Crippen molar-refractivity contribution in [3.05, 3.63) is 120 Å². The average molecular weight is 961 g/mol. The monoisotopic (exact) mass is 960 g/mol. The van der Waals surface area contributed by atoms with E-state index in [1.165, 1.54) is 21.5 Å². The summed E-state index contributed by atoms with van der Waals surface area (Å²) in [6.07, 6.45) is 6.38. The third kappa shape index (κ3) is 20.9. The fourth-order valence-corrected chi connectivity index (χ4v) is 5.99. The van der Waals surface area contributed by atoms with Crippen molar-refractivity contribution in [3.63, 3.8) is 0 Å². The lowest BCUT2D eigenvalue weighted by Gasteiger charge is -2.34. The van der Waals surface area contributed by atoms with E-state index in [-0.39, 0.29) is 24.8 Å². The van der Waals surface area contributed by atoms with Gasteiger partial charge in [0.1, 0.15) is 12.5 Å². The van der Waals surface area contributed by atoms with Gasteiger partial charge in [0.2, 0.25) is 11.8 Å². The predicted molar refractivity (Wildman–Crippen MR) is 232 cm³/mol. The number of hydrogen-bond acceptors (Lipinski definition) is 14. The van der Waals surface area contributed by atoms with Crippen LogP contribution < -0.4 is 0 Å². The summed E-state index contributed by atoms with van der Waals surface area (Å²) >= 11 is 0. The number of ether oxygens (including phenoxy) is 4. The zero-order valence-corrected chi connectivity index (χ0v) is 37.2. The van der Waals surface area contributed by atoms with E-state index in [0.717, 1.165) is 114 Å². The van der Waals surface area contributed by atoms with Crippen LogP contribution >= 0.6 is 0 Å². The van der Waals surface area contributed by atoms with Gasteiger partial charge < -0.3 is 39.0 Å². The van der Waals surface area contributed by atoms with Crippen LogP contribution in [0.1, 0.15) is 25.2 Å². The predicted octanol–water partition coefficient (Wildman–Crippen LogP) is 3.18. The molecular weight excluding hydrogens is 909 g/mol. The number of carbonyl (C=O) groups excluding carboxylic acids is 4. The number of carboxylic acid groups (broad SMARTS) is 2. The molecule has 20 nitrogen and oxygen atoms in total. The van der Waals surface area contributed by atoms with Crippen LogP contribution in [0.4, 0.5) is 17.6 Å². The van der Waals surface area contributed by atoms with Gasteiger partial charge in [-0.05, 0) is 36.4 Å². The normalized spacial score (nSPS) is 13.9. The minimum atomic E-state index is -1.15. The fourth-order valence-electron chi connectivity index (χ4n) is 5.99. The Bertz CT molecular complexity index is 2140. The molecule has 2 N–H and O–H groups in total. The summed E-state index contributed by atoms with van der Waals surface area (Å²) in [4.78, 5) is 68.6. The lowest BCUT2D eigenvalue weighted by Crippen LogP contribution is -2.48. The lowest BCUT2D eigenvalue weighted by molar-refractivity contribution is -0.132. The molecule has 6 rings (SSSR count). The van der Waals surface area contributed by atoms with Gasteiger partial charge in [-0.25, -0.2) is 36.5 Å². The van der Waals surface area contributed by atoms with E-state index < -0.39 is 35.2 Å². The number of aliphatic carboxylic acids is 2. The summed E-state index contributed by atoms with van der Waals surface area (Å²) in [7, 11) is 0. The molecular formula is C44H52F4N8O12. The fraction of sp³-hybridized carbons (Fsp3) is 0.364. The third-order valence-electron chi connectivity index (χ3n) is 9.55. The van der Waals surface area contributed by atoms with Crippen LogP contribution in [0.5, 0.6) is 0 Å². The van der Waals surface area contributed by atoms with E-state index >= 15 is 0 Å². The van der Waals surface area contributed by atoms with Gasteiger partial charge in [-0.3, -0.25) is 29.0 Å². The molecule has 4 heterocycles. The number of hydrogen-bond donors (Lipinski definition) is 2. The molecule has 368 valence electrons. The third-order valence-corrected chi connectivity index (χ3v) is 9.55. The second-order valence-corrected chi connectivity index (χ2v) is 14.2. The van der Waals surface area contributed by atoms with Crippen LogP contribution in [0, 0.1) is 23.3 Å². The van der Waals surface area contributed by atoms with Gasteiger partial charge in [0.15, 0.2) is 23.3 Å². The highest BCUT2D eigenvalue weighted by molar-refractivity contribution is 5.80. The molecule has 2 saturated heterocycles. The number of benzene rings is 2. The molecule has 0 saturated carbocycles. The Morgan fingerprint density at radius 1 is 0.574 bits per heavy atom. The van der Waals surface area contributed by atoms with Crippen molar-refractivity contribution in [1.82, 2.24) is 39.2 Å². The van der Waals surface area contributed by atoms with Crippen molar-refractivity contribution in [2.45, 2.75) is 27.1 Å². The van der Waals surface area contributed by atoms with E-state index in [9.17, 15) is 46.3 Å². The van der Waals surface area contributed by atoms with E-state index in [1.807, 2.05) is 9.80 Å². The van der Waals surface area contributed by atoms with Crippen LogP contribution in [-0.2, 0) is 60.9 Å². The highest BCUT2D eigenvalue weighted by atomic mass is 19.2. The van der Waals surface area contributed by atoms with Crippen molar-refractivity contribution in [1.29, 1.82) is 0 Å². The highest BCUT2D eigenvalue weighted by Gasteiger charge is 2.19. The van der Waals surface area contributed by atoms with Gasteiger partial charge in [-0.1, -0.05) is 0 Å². The first-order valence-electron chi connectivity index (χ1n) is 20.7. The van der Waals surface area contributed by atoms with Crippen molar-refractivity contribution < 1.29 is 75.5 Å². The highest BCUT2D eigenvalue weighted by Crippen LogP contribution is 2.15. The first-order chi connectivity index (χ1) is 32.6. The van der Waals surface area contributed by atoms with Crippen molar-refractivity contribution in [2.24, 2.45) is 0 Å². The van der Waals surface area contributed by atoms with Crippen LogP contribution in [0.25, 0.3) is 11.4 Å². The number of halogens is 4. The van der Waals surface area contributed by atoms with Crippen molar-refractivity contribution >= 4 is 36.7 Å². The quantitative estimate of drug-likeness (QED) is 0.0480. The molecule has 0 spiro atoms. The molecule has 2 aromatic carbocycles. The topological polar surface area (TPSA) is 228 Å². The van der Waals surface area contributed by atoms with Gasteiger partial charge in [-0.2, -0.15) is 10.2 Å². The Morgan fingerprint density at radius 3 is 1.25 bits per heavy atom. The first-order valence-corrected chi connectivity index (χ1v) is 20.7. The maximum absolute atomic E-state index is 13.3.